The van der Waals surface area contributed by atoms with E-state index in [4.69, 9.17) is 5.73 Å². The smallest absolute Gasteiger partial charge is 0.326 e. The van der Waals surface area contributed by atoms with Crippen LogP contribution in [0.1, 0.15) is 45.4 Å². The number of nitrogens with two attached hydrogens (primary N) is 1. The number of likely N-dealkylation sites (tertiary alicyclic amines) is 1. The molecular weight excluding hydrogens is 296 g/mol. The second-order valence-electron chi connectivity index (χ2n) is 7.22. The van der Waals surface area contributed by atoms with Gasteiger partial charge in [-0.05, 0) is 31.6 Å². The topological polar surface area (TPSA) is 95.7 Å². The highest BCUT2D eigenvalue weighted by Gasteiger charge is 2.55. The molecule has 0 aromatic heterocycles. The third-order valence-corrected chi connectivity index (χ3v) is 5.83. The van der Waals surface area contributed by atoms with E-state index in [-0.39, 0.29) is 29.7 Å². The summed E-state index contributed by atoms with van der Waals surface area (Å²) in [6, 6.07) is -0.277. The minimum Gasteiger partial charge on any atom is -0.369 e. The van der Waals surface area contributed by atoms with Gasteiger partial charge in [-0.2, -0.15) is 0 Å². The van der Waals surface area contributed by atoms with Crippen LogP contribution in [0.25, 0.3) is 0 Å². The van der Waals surface area contributed by atoms with Gasteiger partial charge in [0, 0.05) is 19.0 Å². The summed E-state index contributed by atoms with van der Waals surface area (Å²) in [4.78, 5) is 39.9. The summed E-state index contributed by atoms with van der Waals surface area (Å²) in [5.74, 6) is -0.237. The number of hydrogen-bond donors (Lipinski definition) is 2. The fourth-order valence-corrected chi connectivity index (χ4v) is 4.18. The molecule has 7 nitrogen and oxygen atoms in total. The first-order valence-corrected chi connectivity index (χ1v) is 8.60. The van der Waals surface area contributed by atoms with Crippen molar-refractivity contribution >= 4 is 17.8 Å². The largest absolute Gasteiger partial charge is 0.369 e. The number of imide groups is 1. The molecular formula is C16H26N4O3. The Morgan fingerprint density at radius 2 is 1.96 bits per heavy atom. The van der Waals surface area contributed by atoms with Crippen LogP contribution in [-0.2, 0) is 9.59 Å². The molecule has 3 fully saturated rings. The molecule has 3 rings (SSSR count). The fraction of sp³-hybridized carbons (Fsp3) is 0.812. The number of rotatable bonds is 3. The third kappa shape index (κ3) is 2.82. The van der Waals surface area contributed by atoms with Crippen LogP contribution in [0.5, 0.6) is 0 Å². The number of nitrogens with zero attached hydrogens (tertiary/aromatic N) is 2. The highest BCUT2D eigenvalue weighted by Crippen LogP contribution is 2.38. The van der Waals surface area contributed by atoms with Crippen molar-refractivity contribution < 1.29 is 14.4 Å². The molecule has 7 heteroatoms. The van der Waals surface area contributed by atoms with Crippen molar-refractivity contribution in [1.29, 1.82) is 0 Å². The van der Waals surface area contributed by atoms with E-state index in [0.717, 1.165) is 25.7 Å². The molecule has 0 aromatic carbocycles. The van der Waals surface area contributed by atoms with Gasteiger partial charge in [-0.3, -0.25) is 14.5 Å². The minimum atomic E-state index is -0.694. The number of urea groups is 1. The quantitative estimate of drug-likeness (QED) is 0.745. The van der Waals surface area contributed by atoms with Crippen molar-refractivity contribution in [1.82, 2.24) is 15.1 Å². The molecule has 23 heavy (non-hydrogen) atoms. The fourth-order valence-electron chi connectivity index (χ4n) is 4.18. The SMILES string of the molecule is C[C@@H]1CCCC[C@@]12NC(=O)N(CN1CCC(C(N)=O)CC1)C2=O. The molecule has 1 aliphatic carbocycles. The zero-order valence-electron chi connectivity index (χ0n) is 13.7. The third-order valence-electron chi connectivity index (χ3n) is 5.83. The highest BCUT2D eigenvalue weighted by atomic mass is 16.2. The molecule has 0 unspecified atom stereocenters. The van der Waals surface area contributed by atoms with Gasteiger partial charge in [-0.1, -0.05) is 19.8 Å². The van der Waals surface area contributed by atoms with Crippen molar-refractivity contribution in [2.75, 3.05) is 19.8 Å². The summed E-state index contributed by atoms with van der Waals surface area (Å²) in [7, 11) is 0. The molecule has 3 N–H and O–H groups in total. The summed E-state index contributed by atoms with van der Waals surface area (Å²) < 4.78 is 0. The molecule has 3 aliphatic rings. The van der Waals surface area contributed by atoms with E-state index in [1.54, 1.807) is 0 Å². The highest BCUT2D eigenvalue weighted by molar-refractivity contribution is 6.07. The Morgan fingerprint density at radius 1 is 1.26 bits per heavy atom. The van der Waals surface area contributed by atoms with E-state index in [1.165, 1.54) is 4.90 Å². The minimum absolute atomic E-state index is 0.0771. The first-order valence-electron chi connectivity index (χ1n) is 8.60. The second-order valence-corrected chi connectivity index (χ2v) is 7.22. The van der Waals surface area contributed by atoms with Gasteiger partial charge in [-0.15, -0.1) is 0 Å². The van der Waals surface area contributed by atoms with Crippen molar-refractivity contribution in [3.63, 3.8) is 0 Å². The number of amides is 4. The zero-order valence-corrected chi connectivity index (χ0v) is 13.7. The Bertz CT molecular complexity index is 515. The van der Waals surface area contributed by atoms with Gasteiger partial charge in [0.1, 0.15) is 5.54 Å². The molecule has 2 atom stereocenters. The van der Waals surface area contributed by atoms with Gasteiger partial charge in [0.05, 0.1) is 6.67 Å². The molecule has 0 bridgehead atoms. The number of carbonyl (C=O) groups is 3. The summed E-state index contributed by atoms with van der Waals surface area (Å²) in [5.41, 5.74) is 4.65. The van der Waals surface area contributed by atoms with Crippen LogP contribution in [0.3, 0.4) is 0 Å². The van der Waals surface area contributed by atoms with Gasteiger partial charge >= 0.3 is 6.03 Å². The van der Waals surface area contributed by atoms with Crippen molar-refractivity contribution in [2.24, 2.45) is 17.6 Å². The lowest BCUT2D eigenvalue weighted by Crippen LogP contribution is -2.54. The van der Waals surface area contributed by atoms with Gasteiger partial charge in [0.2, 0.25) is 5.91 Å². The zero-order chi connectivity index (χ0) is 16.6. The Hall–Kier alpha value is -1.63. The summed E-state index contributed by atoms with van der Waals surface area (Å²) >= 11 is 0. The van der Waals surface area contributed by atoms with E-state index >= 15 is 0 Å². The Morgan fingerprint density at radius 3 is 2.57 bits per heavy atom. The lowest BCUT2D eigenvalue weighted by atomic mass is 9.73. The van der Waals surface area contributed by atoms with Gasteiger partial charge in [-0.25, -0.2) is 9.69 Å². The summed E-state index contributed by atoms with van der Waals surface area (Å²) in [6.45, 7) is 3.74. The number of piperidine rings is 1. The predicted molar refractivity (Wildman–Crippen MR) is 84.1 cm³/mol. The first kappa shape index (κ1) is 16.2. The van der Waals surface area contributed by atoms with Crippen LogP contribution in [0.15, 0.2) is 0 Å². The maximum absolute atomic E-state index is 12.9. The van der Waals surface area contributed by atoms with E-state index in [2.05, 4.69) is 17.1 Å². The normalized spacial score (nSPS) is 33.3. The molecule has 128 valence electrons. The van der Waals surface area contributed by atoms with Crippen molar-refractivity contribution in [3.8, 4) is 0 Å². The maximum Gasteiger partial charge on any atom is 0.326 e. The van der Waals surface area contributed by atoms with Gasteiger partial charge in [0.15, 0.2) is 0 Å². The van der Waals surface area contributed by atoms with Crippen LogP contribution in [0.4, 0.5) is 4.79 Å². The van der Waals surface area contributed by atoms with E-state index in [9.17, 15) is 14.4 Å². The molecule has 1 spiro atoms. The monoisotopic (exact) mass is 322 g/mol. The first-order chi connectivity index (χ1) is 10.9. The molecule has 2 heterocycles. The molecule has 1 saturated carbocycles. The molecule has 0 radical (unpaired) electrons. The average molecular weight is 322 g/mol. The lowest BCUT2D eigenvalue weighted by molar-refractivity contribution is -0.136. The van der Waals surface area contributed by atoms with Gasteiger partial charge < -0.3 is 11.1 Å². The standard InChI is InChI=1S/C16H26N4O3/c1-11-4-2-3-7-16(11)14(22)20(15(23)18-16)10-19-8-5-12(6-9-19)13(17)21/h11-12H,2-10H2,1H3,(H2,17,21)(H,18,23)/t11-,16-/m1/s1. The predicted octanol–water partition coefficient (Wildman–Crippen LogP) is 0.642. The Kier molecular flexibility index (Phi) is 4.31. The van der Waals surface area contributed by atoms with E-state index in [1.807, 2.05) is 0 Å². The van der Waals surface area contributed by atoms with E-state index in [0.29, 0.717) is 32.6 Å². The maximum atomic E-state index is 12.9. The Balaban J connectivity index is 1.64. The van der Waals surface area contributed by atoms with Crippen LogP contribution in [-0.4, -0.2) is 52.9 Å². The second kappa shape index (κ2) is 6.11. The van der Waals surface area contributed by atoms with Crippen LogP contribution >= 0.6 is 0 Å². The Labute approximate surface area is 136 Å². The lowest BCUT2D eigenvalue weighted by Gasteiger charge is -2.37. The van der Waals surface area contributed by atoms with Crippen LogP contribution < -0.4 is 11.1 Å². The summed E-state index contributed by atoms with van der Waals surface area (Å²) in [5, 5.41) is 2.97. The van der Waals surface area contributed by atoms with E-state index < -0.39 is 5.54 Å². The van der Waals surface area contributed by atoms with Crippen LogP contribution in [0, 0.1) is 11.8 Å². The number of hydrogen-bond acceptors (Lipinski definition) is 4. The van der Waals surface area contributed by atoms with Crippen molar-refractivity contribution in [3.05, 3.63) is 0 Å². The number of carbonyl (C=O) groups excluding carboxylic acids is 3. The molecule has 4 amide bonds. The van der Waals surface area contributed by atoms with Crippen molar-refractivity contribution in [2.45, 2.75) is 51.0 Å². The number of primary amides is 1. The van der Waals surface area contributed by atoms with Crippen LogP contribution in [0.2, 0.25) is 0 Å². The summed E-state index contributed by atoms with van der Waals surface area (Å²) in [6.07, 6.45) is 5.20. The van der Waals surface area contributed by atoms with Gasteiger partial charge in [0.25, 0.3) is 5.91 Å². The molecule has 2 saturated heterocycles. The molecule has 2 aliphatic heterocycles. The number of nitrogens with one attached hydrogen (secondary N) is 1. The molecule has 0 aromatic rings. The average Bonchev–Trinajstić information content (AvgIpc) is 2.76.